The lowest BCUT2D eigenvalue weighted by atomic mass is 10.1. The first kappa shape index (κ1) is 15.6. The molecular weight excluding hydrogens is 286 g/mol. The van der Waals surface area contributed by atoms with E-state index in [2.05, 4.69) is 41.3 Å². The van der Waals surface area contributed by atoms with Crippen LogP contribution >= 0.6 is 0 Å². The third-order valence-electron chi connectivity index (χ3n) is 4.28. The molecule has 0 aromatic heterocycles. The van der Waals surface area contributed by atoms with Crippen molar-refractivity contribution in [3.8, 4) is 5.75 Å². The molecule has 0 bridgehead atoms. The number of phenols is 1. The second kappa shape index (κ2) is 7.29. The summed E-state index contributed by atoms with van der Waals surface area (Å²) in [5.41, 5.74) is 3.74. The molecule has 2 N–H and O–H groups in total. The zero-order valence-corrected chi connectivity index (χ0v) is 13.6. The normalized spacial score (nSPS) is 16.1. The molecule has 0 unspecified atom stereocenters. The molecule has 1 aliphatic rings. The van der Waals surface area contributed by atoms with Crippen molar-refractivity contribution in [3.63, 3.8) is 0 Å². The van der Waals surface area contributed by atoms with E-state index >= 15 is 0 Å². The Morgan fingerprint density at radius 1 is 1.04 bits per heavy atom. The highest BCUT2D eigenvalue weighted by Gasteiger charge is 2.18. The van der Waals surface area contributed by atoms with Crippen molar-refractivity contribution in [1.82, 2.24) is 5.01 Å². The summed E-state index contributed by atoms with van der Waals surface area (Å²) in [7, 11) is 0. The zero-order chi connectivity index (χ0) is 16.1. The van der Waals surface area contributed by atoms with Gasteiger partial charge < -0.3 is 10.0 Å². The predicted molar refractivity (Wildman–Crippen MR) is 92.9 cm³/mol. The molecular formula is C19H24N3O+. The number of piperazine rings is 1. The van der Waals surface area contributed by atoms with Gasteiger partial charge in [0, 0.05) is 5.56 Å². The highest BCUT2D eigenvalue weighted by molar-refractivity contribution is 5.79. The van der Waals surface area contributed by atoms with Gasteiger partial charge in [-0.2, -0.15) is 5.10 Å². The van der Waals surface area contributed by atoms with Crippen molar-refractivity contribution in [1.29, 1.82) is 0 Å². The van der Waals surface area contributed by atoms with Gasteiger partial charge in [-0.05, 0) is 36.8 Å². The van der Waals surface area contributed by atoms with E-state index in [4.69, 9.17) is 0 Å². The molecule has 4 heteroatoms. The van der Waals surface area contributed by atoms with Gasteiger partial charge in [0.2, 0.25) is 0 Å². The number of hydrogen-bond acceptors (Lipinski definition) is 3. The topological polar surface area (TPSA) is 40.3 Å². The van der Waals surface area contributed by atoms with Crippen LogP contribution in [0.5, 0.6) is 5.75 Å². The lowest BCUT2D eigenvalue weighted by Crippen LogP contribution is -3.13. The van der Waals surface area contributed by atoms with Crippen LogP contribution in [0.15, 0.2) is 53.6 Å². The maximum Gasteiger partial charge on any atom is 0.115 e. The second-order valence-corrected chi connectivity index (χ2v) is 6.20. The quantitative estimate of drug-likeness (QED) is 0.839. The summed E-state index contributed by atoms with van der Waals surface area (Å²) < 4.78 is 0. The molecule has 2 aromatic carbocycles. The molecule has 0 amide bonds. The fourth-order valence-corrected chi connectivity index (χ4v) is 2.81. The smallest absolute Gasteiger partial charge is 0.115 e. The van der Waals surface area contributed by atoms with Crippen LogP contribution in [0.25, 0.3) is 0 Å². The van der Waals surface area contributed by atoms with Gasteiger partial charge in [-0.3, -0.25) is 5.01 Å². The average Bonchev–Trinajstić information content (AvgIpc) is 2.58. The van der Waals surface area contributed by atoms with E-state index in [1.54, 1.807) is 17.0 Å². The van der Waals surface area contributed by atoms with Gasteiger partial charge in [0.05, 0.1) is 32.4 Å². The molecule has 0 saturated carbocycles. The largest absolute Gasteiger partial charge is 0.508 e. The van der Waals surface area contributed by atoms with Crippen molar-refractivity contribution in [2.75, 3.05) is 26.2 Å². The molecule has 1 heterocycles. The minimum atomic E-state index is 0.287. The molecule has 2 aromatic rings. The van der Waals surface area contributed by atoms with Crippen LogP contribution in [-0.4, -0.2) is 42.5 Å². The highest BCUT2D eigenvalue weighted by Crippen LogP contribution is 2.08. The molecule has 23 heavy (non-hydrogen) atoms. The number of aromatic hydroxyl groups is 1. The summed E-state index contributed by atoms with van der Waals surface area (Å²) in [4.78, 5) is 1.62. The Bertz CT molecular complexity index is 641. The first-order chi connectivity index (χ1) is 11.2. The monoisotopic (exact) mass is 310 g/mol. The molecule has 120 valence electrons. The SMILES string of the molecule is Cc1ccc(C[NH+]2CCN(/N=C/c3ccc(O)cc3)CC2)cc1. The number of phenolic OH excluding ortho intramolecular Hbond substituents is 1. The molecule has 0 atom stereocenters. The van der Waals surface area contributed by atoms with E-state index in [0.29, 0.717) is 0 Å². The zero-order valence-electron chi connectivity index (χ0n) is 13.6. The molecule has 1 aliphatic heterocycles. The number of hydrazone groups is 1. The molecule has 3 rings (SSSR count). The number of benzene rings is 2. The van der Waals surface area contributed by atoms with E-state index in [1.807, 2.05) is 18.3 Å². The number of nitrogens with one attached hydrogen (secondary N) is 1. The van der Waals surface area contributed by atoms with Gasteiger partial charge in [-0.15, -0.1) is 0 Å². The van der Waals surface area contributed by atoms with Crippen LogP contribution in [0.2, 0.25) is 0 Å². The third-order valence-corrected chi connectivity index (χ3v) is 4.28. The molecule has 0 radical (unpaired) electrons. The first-order valence-electron chi connectivity index (χ1n) is 8.16. The van der Waals surface area contributed by atoms with E-state index in [-0.39, 0.29) is 5.75 Å². The Kier molecular flexibility index (Phi) is 4.93. The summed E-state index contributed by atoms with van der Waals surface area (Å²) in [6, 6.07) is 16.0. The van der Waals surface area contributed by atoms with Crippen LogP contribution < -0.4 is 4.90 Å². The first-order valence-corrected chi connectivity index (χ1v) is 8.16. The molecule has 0 aliphatic carbocycles. The minimum absolute atomic E-state index is 0.287. The van der Waals surface area contributed by atoms with E-state index in [0.717, 1.165) is 38.3 Å². The Morgan fingerprint density at radius 2 is 1.70 bits per heavy atom. The number of aryl methyl sites for hydroxylation is 1. The minimum Gasteiger partial charge on any atom is -0.508 e. The van der Waals surface area contributed by atoms with Crippen molar-refractivity contribution < 1.29 is 10.0 Å². The van der Waals surface area contributed by atoms with E-state index < -0.39 is 0 Å². The van der Waals surface area contributed by atoms with Crippen molar-refractivity contribution in [3.05, 3.63) is 65.2 Å². The van der Waals surface area contributed by atoms with E-state index in [9.17, 15) is 5.11 Å². The van der Waals surface area contributed by atoms with Gasteiger partial charge in [0.25, 0.3) is 0 Å². The Labute approximate surface area is 137 Å². The standard InChI is InChI=1S/C19H23N3O/c1-16-2-4-18(5-3-16)15-21-10-12-22(13-11-21)20-14-17-6-8-19(23)9-7-17/h2-9,14,23H,10-13,15H2,1H3/p+1/b20-14+. The highest BCUT2D eigenvalue weighted by atomic mass is 16.3. The fraction of sp³-hybridized carbons (Fsp3) is 0.316. The summed E-state index contributed by atoms with van der Waals surface area (Å²) in [5.74, 6) is 0.287. The number of rotatable bonds is 4. The summed E-state index contributed by atoms with van der Waals surface area (Å²) in [5, 5.41) is 16.0. The molecule has 1 saturated heterocycles. The molecule has 0 spiro atoms. The summed E-state index contributed by atoms with van der Waals surface area (Å²) in [6.07, 6.45) is 1.87. The van der Waals surface area contributed by atoms with Gasteiger partial charge in [0.1, 0.15) is 12.3 Å². The summed E-state index contributed by atoms with van der Waals surface area (Å²) >= 11 is 0. The lowest BCUT2D eigenvalue weighted by molar-refractivity contribution is -0.918. The van der Waals surface area contributed by atoms with E-state index in [1.165, 1.54) is 11.1 Å². The average molecular weight is 310 g/mol. The molecule has 4 nitrogen and oxygen atoms in total. The van der Waals surface area contributed by atoms with Crippen molar-refractivity contribution in [2.45, 2.75) is 13.5 Å². The summed E-state index contributed by atoms with van der Waals surface area (Å²) in [6.45, 7) is 7.41. The number of quaternary nitrogens is 1. The van der Waals surface area contributed by atoms with Crippen LogP contribution in [0.1, 0.15) is 16.7 Å². The number of hydrogen-bond donors (Lipinski definition) is 2. The Balaban J connectivity index is 1.48. The van der Waals surface area contributed by atoms with Gasteiger partial charge in [-0.25, -0.2) is 0 Å². The second-order valence-electron chi connectivity index (χ2n) is 6.20. The Morgan fingerprint density at radius 3 is 2.35 bits per heavy atom. The molecule has 1 fully saturated rings. The van der Waals surface area contributed by atoms with Crippen molar-refractivity contribution >= 4 is 6.21 Å². The Hall–Kier alpha value is -2.33. The van der Waals surface area contributed by atoms with Gasteiger partial charge in [0.15, 0.2) is 0 Å². The third kappa shape index (κ3) is 4.57. The lowest BCUT2D eigenvalue weighted by Gasteiger charge is -2.30. The maximum absolute atomic E-state index is 9.28. The van der Waals surface area contributed by atoms with Gasteiger partial charge in [-0.1, -0.05) is 29.8 Å². The van der Waals surface area contributed by atoms with Crippen LogP contribution in [0.3, 0.4) is 0 Å². The van der Waals surface area contributed by atoms with Crippen LogP contribution in [0, 0.1) is 6.92 Å². The van der Waals surface area contributed by atoms with Crippen LogP contribution in [-0.2, 0) is 6.54 Å². The van der Waals surface area contributed by atoms with Crippen molar-refractivity contribution in [2.24, 2.45) is 5.10 Å². The predicted octanol–water partition coefficient (Wildman–Crippen LogP) is 1.44. The maximum atomic E-state index is 9.28. The fourth-order valence-electron chi connectivity index (χ4n) is 2.81. The number of nitrogens with zero attached hydrogens (tertiary/aromatic N) is 2. The van der Waals surface area contributed by atoms with Crippen LogP contribution in [0.4, 0.5) is 0 Å². The van der Waals surface area contributed by atoms with Gasteiger partial charge >= 0.3 is 0 Å².